The maximum absolute atomic E-state index is 13.5. The summed E-state index contributed by atoms with van der Waals surface area (Å²) in [7, 11) is 1.92. The molecule has 0 spiro atoms. The number of amides is 1. The van der Waals surface area contributed by atoms with E-state index in [4.69, 9.17) is 0 Å². The largest absolute Gasteiger partial charge is 0.416 e. The number of alkyl halides is 3. The molecule has 1 amide bonds. The van der Waals surface area contributed by atoms with Crippen LogP contribution in [-0.4, -0.2) is 34.5 Å². The Kier molecular flexibility index (Phi) is 7.56. The van der Waals surface area contributed by atoms with Crippen LogP contribution in [0.4, 0.5) is 13.2 Å². The Labute approximate surface area is 221 Å². The number of hydrogen-bond donors (Lipinski definition) is 1. The van der Waals surface area contributed by atoms with Gasteiger partial charge in [-0.2, -0.15) is 13.2 Å². The number of rotatable bonds is 7. The van der Waals surface area contributed by atoms with E-state index in [1.54, 1.807) is 6.07 Å². The Morgan fingerprint density at radius 2 is 1.68 bits per heavy atom. The standard InChI is InChI=1S/C31H32F3N3O/c1-36-21-28(26-12-5-6-13-29(26)36)27(23-10-7-11-24(18-23)31(32,33)34)19-30(38)35-25-14-16-37(17-15-25)20-22-8-3-2-4-9-22/h2-13,18,21,25,27H,14-17,19-20H2,1H3,(H,35,38)/t27-/m1/s1. The molecule has 4 nitrogen and oxygen atoms in total. The summed E-state index contributed by atoms with van der Waals surface area (Å²) in [6, 6.07) is 23.6. The highest BCUT2D eigenvalue weighted by atomic mass is 19.4. The first-order valence-corrected chi connectivity index (χ1v) is 13.0. The zero-order chi connectivity index (χ0) is 26.7. The number of aromatic nitrogens is 1. The molecular formula is C31H32F3N3O. The summed E-state index contributed by atoms with van der Waals surface area (Å²) in [5, 5.41) is 4.12. The van der Waals surface area contributed by atoms with Gasteiger partial charge in [-0.25, -0.2) is 0 Å². The van der Waals surface area contributed by atoms with Gasteiger partial charge in [0, 0.05) is 62.2 Å². The molecule has 1 aliphatic heterocycles. The van der Waals surface area contributed by atoms with E-state index in [1.165, 1.54) is 17.7 Å². The number of carbonyl (C=O) groups is 1. The van der Waals surface area contributed by atoms with E-state index in [1.807, 2.05) is 60.3 Å². The highest BCUT2D eigenvalue weighted by Gasteiger charge is 2.32. The van der Waals surface area contributed by atoms with Crippen LogP contribution in [0.2, 0.25) is 0 Å². The zero-order valence-electron chi connectivity index (χ0n) is 21.4. The first kappa shape index (κ1) is 26.0. The third-order valence-corrected chi connectivity index (χ3v) is 7.51. The van der Waals surface area contributed by atoms with Crippen LogP contribution in [0.1, 0.15) is 47.4 Å². The third-order valence-electron chi connectivity index (χ3n) is 7.51. The fourth-order valence-electron chi connectivity index (χ4n) is 5.54. The summed E-state index contributed by atoms with van der Waals surface area (Å²) in [5.74, 6) is -0.636. The minimum absolute atomic E-state index is 0.0594. The molecule has 2 heterocycles. The van der Waals surface area contributed by atoms with Gasteiger partial charge in [0.15, 0.2) is 0 Å². The van der Waals surface area contributed by atoms with Crippen molar-refractivity contribution in [3.63, 3.8) is 0 Å². The summed E-state index contributed by atoms with van der Waals surface area (Å²) < 4.78 is 42.6. The lowest BCUT2D eigenvalue weighted by atomic mass is 9.87. The molecule has 1 saturated heterocycles. The molecule has 5 rings (SSSR count). The number of fused-ring (bicyclic) bond motifs is 1. The molecule has 7 heteroatoms. The Bertz CT molecular complexity index is 1390. The first-order chi connectivity index (χ1) is 18.3. The van der Waals surface area contributed by atoms with Gasteiger partial charge in [-0.3, -0.25) is 9.69 Å². The summed E-state index contributed by atoms with van der Waals surface area (Å²) in [4.78, 5) is 15.7. The monoisotopic (exact) mass is 519 g/mol. The molecule has 1 aromatic heterocycles. The lowest BCUT2D eigenvalue weighted by Crippen LogP contribution is -2.44. The SMILES string of the molecule is Cn1cc([C@H](CC(=O)NC2CCN(Cc3ccccc3)CC2)c2cccc(C(F)(F)F)c2)c2ccccc21. The smallest absolute Gasteiger partial charge is 0.353 e. The van der Waals surface area contributed by atoms with Crippen LogP contribution in [0.15, 0.2) is 85.1 Å². The molecule has 1 aliphatic rings. The van der Waals surface area contributed by atoms with Gasteiger partial charge in [-0.1, -0.05) is 66.7 Å². The highest BCUT2D eigenvalue weighted by Crippen LogP contribution is 2.37. The predicted octanol–water partition coefficient (Wildman–Crippen LogP) is 6.50. The minimum atomic E-state index is -4.45. The van der Waals surface area contributed by atoms with Gasteiger partial charge in [0.25, 0.3) is 0 Å². The molecule has 38 heavy (non-hydrogen) atoms. The van der Waals surface area contributed by atoms with Crippen LogP contribution in [0, 0.1) is 0 Å². The van der Waals surface area contributed by atoms with Crippen molar-refractivity contribution in [3.8, 4) is 0 Å². The molecule has 1 N–H and O–H groups in total. The number of nitrogens with zero attached hydrogens (tertiary/aromatic N) is 2. The van der Waals surface area contributed by atoms with Gasteiger partial charge < -0.3 is 9.88 Å². The van der Waals surface area contributed by atoms with Crippen molar-refractivity contribution in [2.45, 2.75) is 43.9 Å². The molecule has 1 atom stereocenters. The number of likely N-dealkylation sites (tertiary alicyclic amines) is 1. The highest BCUT2D eigenvalue weighted by molar-refractivity contribution is 5.86. The number of aryl methyl sites for hydroxylation is 1. The molecule has 4 aromatic rings. The Balaban J connectivity index is 1.32. The van der Waals surface area contributed by atoms with Crippen molar-refractivity contribution in [2.75, 3.05) is 13.1 Å². The van der Waals surface area contributed by atoms with Crippen LogP contribution < -0.4 is 5.32 Å². The molecule has 1 fully saturated rings. The van der Waals surface area contributed by atoms with Crippen LogP contribution in [0.25, 0.3) is 10.9 Å². The number of piperidine rings is 1. The van der Waals surface area contributed by atoms with Crippen molar-refractivity contribution in [1.29, 1.82) is 0 Å². The topological polar surface area (TPSA) is 37.3 Å². The van der Waals surface area contributed by atoms with E-state index >= 15 is 0 Å². The van der Waals surface area contributed by atoms with Crippen LogP contribution in [-0.2, 0) is 24.6 Å². The Morgan fingerprint density at radius 1 is 0.974 bits per heavy atom. The van der Waals surface area contributed by atoms with Gasteiger partial charge >= 0.3 is 6.18 Å². The molecule has 0 aliphatic carbocycles. The quantitative estimate of drug-likeness (QED) is 0.303. The fraction of sp³-hybridized carbons (Fsp3) is 0.323. The van der Waals surface area contributed by atoms with Crippen molar-refractivity contribution in [2.24, 2.45) is 7.05 Å². The van der Waals surface area contributed by atoms with Gasteiger partial charge in [0.05, 0.1) is 5.56 Å². The second-order valence-electron chi connectivity index (χ2n) is 10.2. The van der Waals surface area contributed by atoms with Gasteiger partial charge in [-0.15, -0.1) is 0 Å². The van der Waals surface area contributed by atoms with E-state index < -0.39 is 17.7 Å². The number of benzene rings is 3. The zero-order valence-corrected chi connectivity index (χ0v) is 21.4. The molecule has 3 aromatic carbocycles. The number of nitrogens with one attached hydrogen (secondary N) is 1. The number of hydrogen-bond acceptors (Lipinski definition) is 2. The Morgan fingerprint density at radius 3 is 2.42 bits per heavy atom. The van der Waals surface area contributed by atoms with Crippen LogP contribution in [0.5, 0.6) is 0 Å². The minimum Gasteiger partial charge on any atom is -0.353 e. The predicted molar refractivity (Wildman–Crippen MR) is 144 cm³/mol. The molecule has 0 saturated carbocycles. The lowest BCUT2D eigenvalue weighted by Gasteiger charge is -2.32. The van der Waals surface area contributed by atoms with E-state index in [9.17, 15) is 18.0 Å². The van der Waals surface area contributed by atoms with E-state index in [0.29, 0.717) is 5.56 Å². The van der Waals surface area contributed by atoms with Gasteiger partial charge in [-0.05, 0) is 41.7 Å². The second-order valence-corrected chi connectivity index (χ2v) is 10.2. The maximum Gasteiger partial charge on any atom is 0.416 e. The van der Waals surface area contributed by atoms with Crippen molar-refractivity contribution < 1.29 is 18.0 Å². The third kappa shape index (κ3) is 5.94. The molecule has 0 unspecified atom stereocenters. The average molecular weight is 520 g/mol. The molecule has 0 bridgehead atoms. The number of para-hydroxylation sites is 1. The number of carbonyl (C=O) groups excluding carboxylic acids is 1. The first-order valence-electron chi connectivity index (χ1n) is 13.0. The van der Waals surface area contributed by atoms with Crippen molar-refractivity contribution in [1.82, 2.24) is 14.8 Å². The summed E-state index contributed by atoms with van der Waals surface area (Å²) in [5.41, 5.74) is 2.89. The average Bonchev–Trinajstić information content (AvgIpc) is 3.25. The van der Waals surface area contributed by atoms with Crippen molar-refractivity contribution >= 4 is 16.8 Å². The summed E-state index contributed by atoms with van der Waals surface area (Å²) in [6.07, 6.45) is -0.734. The molecule has 198 valence electrons. The van der Waals surface area contributed by atoms with Crippen molar-refractivity contribution in [3.05, 3.63) is 107 Å². The van der Waals surface area contributed by atoms with Gasteiger partial charge in [0.2, 0.25) is 5.91 Å². The van der Waals surface area contributed by atoms with Gasteiger partial charge in [0.1, 0.15) is 0 Å². The van der Waals surface area contributed by atoms with E-state index in [-0.39, 0.29) is 18.4 Å². The van der Waals surface area contributed by atoms with Crippen LogP contribution >= 0.6 is 0 Å². The lowest BCUT2D eigenvalue weighted by molar-refractivity contribution is -0.137. The maximum atomic E-state index is 13.5. The normalized spacial score (nSPS) is 16.0. The Hall–Kier alpha value is -3.58. The summed E-state index contributed by atoms with van der Waals surface area (Å²) >= 11 is 0. The second kappa shape index (κ2) is 11.0. The molecular weight excluding hydrogens is 487 g/mol. The van der Waals surface area contributed by atoms with Crippen LogP contribution in [0.3, 0.4) is 0 Å². The summed E-state index contributed by atoms with van der Waals surface area (Å²) in [6.45, 7) is 2.67. The van der Waals surface area contributed by atoms with E-state index in [2.05, 4.69) is 22.3 Å². The number of halogens is 3. The van der Waals surface area contributed by atoms with E-state index in [0.717, 1.165) is 55.0 Å². The molecule has 0 radical (unpaired) electrons. The fourth-order valence-corrected chi connectivity index (χ4v) is 5.54.